The molecule has 1 N–H and O–H groups in total. The van der Waals surface area contributed by atoms with Crippen molar-refractivity contribution in [1.29, 1.82) is 0 Å². The summed E-state index contributed by atoms with van der Waals surface area (Å²) in [5.74, 6) is -0.928. The Morgan fingerprint density at radius 3 is 2.26 bits per heavy atom. The standard InChI is InChI=1S/C14H23NO4/c1-10(2)13(18)19-7-6-15-12(17)8-11(16)9-14(3,4)5/h1,6-9H2,2-5H3,(H,15,17). The topological polar surface area (TPSA) is 72.5 Å². The Morgan fingerprint density at radius 1 is 1.21 bits per heavy atom. The van der Waals surface area contributed by atoms with Crippen LogP contribution in [0.25, 0.3) is 0 Å². The fourth-order valence-corrected chi connectivity index (χ4v) is 1.35. The molecule has 5 nitrogen and oxygen atoms in total. The molecule has 0 fully saturated rings. The van der Waals surface area contributed by atoms with E-state index in [1.165, 1.54) is 0 Å². The van der Waals surface area contributed by atoms with E-state index in [1.54, 1.807) is 6.92 Å². The molecule has 0 rings (SSSR count). The number of amides is 1. The van der Waals surface area contributed by atoms with Gasteiger partial charge >= 0.3 is 5.97 Å². The minimum atomic E-state index is -0.488. The van der Waals surface area contributed by atoms with Gasteiger partial charge in [-0.1, -0.05) is 27.4 Å². The zero-order valence-electron chi connectivity index (χ0n) is 12.2. The van der Waals surface area contributed by atoms with Gasteiger partial charge < -0.3 is 10.1 Å². The van der Waals surface area contributed by atoms with Crippen LogP contribution in [0.4, 0.5) is 0 Å². The molecule has 108 valence electrons. The second-order valence-electron chi connectivity index (χ2n) is 5.72. The van der Waals surface area contributed by atoms with E-state index in [-0.39, 0.29) is 36.7 Å². The van der Waals surface area contributed by atoms with Crippen LogP contribution in [0.5, 0.6) is 0 Å². The highest BCUT2D eigenvalue weighted by Crippen LogP contribution is 2.19. The molecule has 0 spiro atoms. The zero-order valence-corrected chi connectivity index (χ0v) is 12.2. The molecule has 0 bridgehead atoms. The Balaban J connectivity index is 3.79. The third kappa shape index (κ3) is 10.00. The van der Waals surface area contributed by atoms with Gasteiger partial charge in [0.05, 0.1) is 13.0 Å². The lowest BCUT2D eigenvalue weighted by Gasteiger charge is -2.16. The Hall–Kier alpha value is -1.65. The molecule has 19 heavy (non-hydrogen) atoms. The average Bonchev–Trinajstić information content (AvgIpc) is 2.20. The van der Waals surface area contributed by atoms with E-state index in [2.05, 4.69) is 11.9 Å². The predicted molar refractivity (Wildman–Crippen MR) is 72.5 cm³/mol. The number of hydrogen-bond acceptors (Lipinski definition) is 4. The summed E-state index contributed by atoms with van der Waals surface area (Å²) in [6.07, 6.45) is 0.233. The molecule has 0 unspecified atom stereocenters. The largest absolute Gasteiger partial charge is 0.460 e. The fourth-order valence-electron chi connectivity index (χ4n) is 1.35. The number of Topliss-reactive ketones (excluding diaryl/α,β-unsaturated/α-hetero) is 1. The third-order valence-electron chi connectivity index (χ3n) is 2.09. The molecule has 0 aromatic carbocycles. The van der Waals surface area contributed by atoms with Crippen molar-refractivity contribution < 1.29 is 19.1 Å². The molecular weight excluding hydrogens is 246 g/mol. The molecular formula is C14H23NO4. The third-order valence-corrected chi connectivity index (χ3v) is 2.09. The normalized spacial score (nSPS) is 10.7. The number of ether oxygens (including phenoxy) is 1. The number of carbonyl (C=O) groups excluding carboxylic acids is 3. The van der Waals surface area contributed by atoms with Crippen molar-refractivity contribution in [1.82, 2.24) is 5.32 Å². The summed E-state index contributed by atoms with van der Waals surface area (Å²) in [5.41, 5.74) is 0.195. The fraction of sp³-hybridized carbons (Fsp3) is 0.643. The van der Waals surface area contributed by atoms with Gasteiger partial charge in [0.2, 0.25) is 5.91 Å². The van der Waals surface area contributed by atoms with Crippen LogP contribution in [0.15, 0.2) is 12.2 Å². The smallest absolute Gasteiger partial charge is 0.333 e. The van der Waals surface area contributed by atoms with Crippen LogP contribution < -0.4 is 5.32 Å². The number of hydrogen-bond donors (Lipinski definition) is 1. The molecule has 0 heterocycles. The van der Waals surface area contributed by atoms with Gasteiger partial charge in [-0.25, -0.2) is 4.79 Å². The van der Waals surface area contributed by atoms with Crippen molar-refractivity contribution in [3.63, 3.8) is 0 Å². The first-order valence-corrected chi connectivity index (χ1v) is 6.23. The molecule has 0 atom stereocenters. The molecule has 0 saturated carbocycles. The summed E-state index contributed by atoms with van der Waals surface area (Å²) < 4.78 is 4.80. The van der Waals surface area contributed by atoms with Crippen molar-refractivity contribution in [3.8, 4) is 0 Å². The van der Waals surface area contributed by atoms with Gasteiger partial charge in [0.15, 0.2) is 0 Å². The molecule has 0 saturated heterocycles. The van der Waals surface area contributed by atoms with Crippen molar-refractivity contribution in [2.24, 2.45) is 5.41 Å². The Kier molecular flexibility index (Phi) is 7.04. The Labute approximate surface area is 114 Å². The monoisotopic (exact) mass is 269 g/mol. The molecule has 0 aliphatic carbocycles. The van der Waals surface area contributed by atoms with Crippen molar-refractivity contribution >= 4 is 17.7 Å². The minimum Gasteiger partial charge on any atom is -0.460 e. The van der Waals surface area contributed by atoms with Gasteiger partial charge in [0.1, 0.15) is 12.4 Å². The van der Waals surface area contributed by atoms with Crippen LogP contribution in [-0.2, 0) is 19.1 Å². The highest BCUT2D eigenvalue weighted by atomic mass is 16.5. The summed E-state index contributed by atoms with van der Waals surface area (Å²) in [6, 6.07) is 0. The second kappa shape index (κ2) is 7.71. The van der Waals surface area contributed by atoms with Gasteiger partial charge in [-0.2, -0.15) is 0 Å². The van der Waals surface area contributed by atoms with Crippen molar-refractivity contribution in [3.05, 3.63) is 12.2 Å². The lowest BCUT2D eigenvalue weighted by molar-refractivity contribution is -0.139. The van der Waals surface area contributed by atoms with Gasteiger partial charge in [-0.15, -0.1) is 0 Å². The molecule has 5 heteroatoms. The number of esters is 1. The van der Waals surface area contributed by atoms with Crippen molar-refractivity contribution in [2.45, 2.75) is 40.5 Å². The Morgan fingerprint density at radius 2 is 1.79 bits per heavy atom. The highest BCUT2D eigenvalue weighted by molar-refractivity contribution is 5.98. The first kappa shape index (κ1) is 17.4. The summed E-state index contributed by atoms with van der Waals surface area (Å²) in [6.45, 7) is 11.1. The van der Waals surface area contributed by atoms with E-state index in [4.69, 9.17) is 4.74 Å². The molecule has 0 aliphatic heterocycles. The van der Waals surface area contributed by atoms with Gasteiger partial charge in [0, 0.05) is 12.0 Å². The van der Waals surface area contributed by atoms with E-state index in [1.807, 2.05) is 20.8 Å². The first-order valence-electron chi connectivity index (χ1n) is 6.23. The summed E-state index contributed by atoms with van der Waals surface area (Å²) >= 11 is 0. The van der Waals surface area contributed by atoms with Crippen LogP contribution in [0.1, 0.15) is 40.5 Å². The van der Waals surface area contributed by atoms with E-state index in [0.29, 0.717) is 12.0 Å². The van der Waals surface area contributed by atoms with Gasteiger partial charge in [0.25, 0.3) is 0 Å². The summed E-state index contributed by atoms with van der Waals surface area (Å²) in [7, 11) is 0. The lowest BCUT2D eigenvalue weighted by Crippen LogP contribution is -2.30. The second-order valence-corrected chi connectivity index (χ2v) is 5.72. The summed E-state index contributed by atoms with van der Waals surface area (Å²) in [4.78, 5) is 34.0. The van der Waals surface area contributed by atoms with Gasteiger partial charge in [-0.3, -0.25) is 9.59 Å². The van der Waals surface area contributed by atoms with Crippen LogP contribution in [0.2, 0.25) is 0 Å². The molecule has 1 amide bonds. The van der Waals surface area contributed by atoms with E-state index in [0.717, 1.165) is 0 Å². The highest BCUT2D eigenvalue weighted by Gasteiger charge is 2.18. The average molecular weight is 269 g/mol. The maximum absolute atomic E-state index is 11.5. The summed E-state index contributed by atoms with van der Waals surface area (Å²) in [5, 5.41) is 2.53. The number of ketones is 1. The Bertz CT molecular complexity index is 366. The number of rotatable bonds is 7. The molecule has 0 aromatic heterocycles. The quantitative estimate of drug-likeness (QED) is 0.330. The van der Waals surface area contributed by atoms with E-state index in [9.17, 15) is 14.4 Å². The van der Waals surface area contributed by atoms with Crippen LogP contribution in [-0.4, -0.2) is 30.8 Å². The maximum Gasteiger partial charge on any atom is 0.333 e. The molecule has 0 radical (unpaired) electrons. The van der Waals surface area contributed by atoms with Gasteiger partial charge in [-0.05, 0) is 12.3 Å². The lowest BCUT2D eigenvalue weighted by atomic mass is 9.89. The number of nitrogens with one attached hydrogen (secondary N) is 1. The SMILES string of the molecule is C=C(C)C(=O)OCCNC(=O)CC(=O)CC(C)(C)C. The maximum atomic E-state index is 11.5. The van der Waals surface area contributed by atoms with E-state index < -0.39 is 5.97 Å². The minimum absolute atomic E-state index is 0.0743. The first-order chi connectivity index (χ1) is 8.61. The number of carbonyl (C=O) groups is 3. The molecule has 0 aromatic rings. The van der Waals surface area contributed by atoms with Crippen LogP contribution in [0, 0.1) is 5.41 Å². The van der Waals surface area contributed by atoms with Crippen LogP contribution in [0.3, 0.4) is 0 Å². The zero-order chi connectivity index (χ0) is 15.1. The van der Waals surface area contributed by atoms with E-state index >= 15 is 0 Å². The predicted octanol–water partition coefficient (Wildman–Crippen LogP) is 1.62. The van der Waals surface area contributed by atoms with Crippen molar-refractivity contribution in [2.75, 3.05) is 13.2 Å². The molecule has 0 aliphatic rings. The van der Waals surface area contributed by atoms with Crippen LogP contribution >= 0.6 is 0 Å².